The van der Waals surface area contributed by atoms with Gasteiger partial charge in [-0.15, -0.1) is 0 Å². The van der Waals surface area contributed by atoms with Crippen molar-refractivity contribution in [1.82, 2.24) is 15.7 Å². The fourth-order valence-corrected chi connectivity index (χ4v) is 3.54. The fraction of sp³-hybridized carbons (Fsp3) is 0.629. The highest BCUT2D eigenvalue weighted by Gasteiger charge is 2.11. The largest absolute Gasteiger partial charge is 0.382 e. The zero-order valence-electron chi connectivity index (χ0n) is 28.1. The molecular formula is C35H63N3O3. The molecule has 2 unspecified atom stereocenters. The lowest BCUT2D eigenvalue weighted by molar-refractivity contribution is -0.121. The van der Waals surface area contributed by atoms with Crippen LogP contribution in [-0.4, -0.2) is 50.4 Å². The molecule has 0 saturated heterocycles. The Morgan fingerprint density at radius 2 is 1.73 bits per heavy atom. The number of rotatable bonds is 14. The van der Waals surface area contributed by atoms with E-state index in [0.29, 0.717) is 12.0 Å². The van der Waals surface area contributed by atoms with Gasteiger partial charge in [-0.1, -0.05) is 103 Å². The normalized spacial score (nSPS) is 15.0. The van der Waals surface area contributed by atoms with Gasteiger partial charge in [0.1, 0.15) is 6.73 Å². The molecule has 2 N–H and O–H groups in total. The number of allylic oxidation sites excluding steroid dienone is 9. The minimum Gasteiger partial charge on any atom is -0.382 e. The molecule has 2 aliphatic carbocycles. The Labute approximate surface area is 253 Å². The Hall–Kier alpha value is -2.41. The number of hydrogen-bond acceptors (Lipinski definition) is 5. The standard InChI is InChI=1S/C22H31N.C6H14N2O2.C5H12O.C2H6/c1-4-17-23(22-13-8-6-7-9-14-22)18-20-11-10-12-21(16-15-20)19(3)5-2;1-3-4-8-10-5-7-6(2)9;1-4-5(2)6-3;1-2/h6-8,10-11,13-16,19H,4-5,9,12,17-18H2,1-3H3;8H,3-5H2,1-2H3,(H,7,9);5H,4H2,1-3H3;1-2H3. The summed E-state index contributed by atoms with van der Waals surface area (Å²) >= 11 is 0. The summed E-state index contributed by atoms with van der Waals surface area (Å²) in [6.07, 6.45) is 27.5. The van der Waals surface area contributed by atoms with E-state index >= 15 is 0 Å². The van der Waals surface area contributed by atoms with Crippen molar-refractivity contribution in [2.45, 2.75) is 107 Å². The minimum atomic E-state index is -0.0849. The highest BCUT2D eigenvalue weighted by Crippen LogP contribution is 2.23. The van der Waals surface area contributed by atoms with Crippen LogP contribution in [0, 0.1) is 5.92 Å². The highest BCUT2D eigenvalue weighted by molar-refractivity contribution is 5.72. The van der Waals surface area contributed by atoms with Gasteiger partial charge in [0.05, 0.1) is 6.10 Å². The van der Waals surface area contributed by atoms with Gasteiger partial charge in [0, 0.05) is 39.4 Å². The molecule has 0 fully saturated rings. The van der Waals surface area contributed by atoms with Crippen LogP contribution in [0.2, 0.25) is 0 Å². The molecule has 0 radical (unpaired) electrons. The molecule has 236 valence electrons. The van der Waals surface area contributed by atoms with Crippen LogP contribution < -0.4 is 10.8 Å². The summed E-state index contributed by atoms with van der Waals surface area (Å²) in [7, 11) is 1.73. The van der Waals surface area contributed by atoms with Crippen molar-refractivity contribution in [3.05, 3.63) is 71.5 Å². The van der Waals surface area contributed by atoms with E-state index in [1.54, 1.807) is 12.7 Å². The summed E-state index contributed by atoms with van der Waals surface area (Å²) in [6.45, 7) is 21.6. The summed E-state index contributed by atoms with van der Waals surface area (Å²) in [5.74, 6) is 0.596. The van der Waals surface area contributed by atoms with Crippen molar-refractivity contribution >= 4 is 5.91 Å². The smallest absolute Gasteiger partial charge is 0.218 e. The lowest BCUT2D eigenvalue weighted by Crippen LogP contribution is -2.28. The first-order chi connectivity index (χ1) is 19.8. The number of nitrogens with zero attached hydrogens (tertiary/aromatic N) is 1. The molecule has 6 nitrogen and oxygen atoms in total. The van der Waals surface area contributed by atoms with Gasteiger partial charge < -0.3 is 15.0 Å². The van der Waals surface area contributed by atoms with Crippen molar-refractivity contribution in [3.63, 3.8) is 0 Å². The molecule has 0 aromatic heterocycles. The second-order valence-corrected chi connectivity index (χ2v) is 9.84. The molecule has 2 aliphatic rings. The number of ether oxygens (including phenoxy) is 1. The quantitative estimate of drug-likeness (QED) is 0.124. The topological polar surface area (TPSA) is 62.8 Å². The van der Waals surface area contributed by atoms with Gasteiger partial charge in [-0.05, 0) is 63.0 Å². The summed E-state index contributed by atoms with van der Waals surface area (Å²) in [5, 5.41) is 2.48. The minimum absolute atomic E-state index is 0.0849. The average Bonchev–Trinajstić information content (AvgIpc) is 3.41. The Bertz CT molecular complexity index is 821. The lowest BCUT2D eigenvalue weighted by atomic mass is 9.96. The Morgan fingerprint density at radius 3 is 2.29 bits per heavy atom. The van der Waals surface area contributed by atoms with Crippen LogP contribution >= 0.6 is 0 Å². The van der Waals surface area contributed by atoms with Crippen molar-refractivity contribution in [1.29, 1.82) is 0 Å². The van der Waals surface area contributed by atoms with Crippen molar-refractivity contribution in [2.75, 3.05) is 33.5 Å². The number of carbonyl (C=O) groups excluding carboxylic acids is 1. The first-order valence-corrected chi connectivity index (χ1v) is 15.8. The van der Waals surface area contributed by atoms with E-state index in [0.717, 1.165) is 45.3 Å². The molecule has 0 aromatic carbocycles. The third-order valence-electron chi connectivity index (χ3n) is 6.48. The van der Waals surface area contributed by atoms with Crippen LogP contribution in [0.5, 0.6) is 0 Å². The molecule has 0 spiro atoms. The van der Waals surface area contributed by atoms with Gasteiger partial charge >= 0.3 is 0 Å². The number of hydrogen-bond donors (Lipinski definition) is 2. The number of nitrogens with one attached hydrogen (secondary N) is 2. The van der Waals surface area contributed by atoms with E-state index in [2.05, 4.69) is 105 Å². The van der Waals surface area contributed by atoms with Crippen LogP contribution in [0.1, 0.15) is 101 Å². The maximum Gasteiger partial charge on any atom is 0.218 e. The molecule has 41 heavy (non-hydrogen) atoms. The number of methoxy groups -OCH3 is 1. The Balaban J connectivity index is 0. The van der Waals surface area contributed by atoms with E-state index < -0.39 is 0 Å². The summed E-state index contributed by atoms with van der Waals surface area (Å²) in [5.41, 5.74) is 6.98. The molecule has 2 atom stereocenters. The van der Waals surface area contributed by atoms with Gasteiger partial charge in [-0.2, -0.15) is 0 Å². The van der Waals surface area contributed by atoms with Gasteiger partial charge in [0.25, 0.3) is 0 Å². The van der Waals surface area contributed by atoms with Crippen molar-refractivity contribution in [2.24, 2.45) is 5.92 Å². The van der Waals surface area contributed by atoms with Crippen molar-refractivity contribution in [3.8, 4) is 0 Å². The Kier molecular flexibility index (Phi) is 28.9. The first-order valence-electron chi connectivity index (χ1n) is 15.8. The number of carbonyl (C=O) groups is 1. The predicted molar refractivity (Wildman–Crippen MR) is 178 cm³/mol. The van der Waals surface area contributed by atoms with Gasteiger partial charge in [-0.25, -0.2) is 5.48 Å². The van der Waals surface area contributed by atoms with Crippen LogP contribution in [0.25, 0.3) is 0 Å². The molecule has 1 amide bonds. The fourth-order valence-electron chi connectivity index (χ4n) is 3.54. The molecule has 2 rings (SSSR count). The average molecular weight is 574 g/mol. The molecular weight excluding hydrogens is 510 g/mol. The van der Waals surface area contributed by atoms with E-state index in [4.69, 9.17) is 9.57 Å². The third-order valence-corrected chi connectivity index (χ3v) is 6.48. The summed E-state index contributed by atoms with van der Waals surface area (Å²) in [4.78, 5) is 17.6. The van der Waals surface area contributed by atoms with Gasteiger partial charge in [0.15, 0.2) is 0 Å². The summed E-state index contributed by atoms with van der Waals surface area (Å²) in [6, 6.07) is 0. The monoisotopic (exact) mass is 573 g/mol. The molecule has 0 heterocycles. The zero-order chi connectivity index (χ0) is 31.3. The lowest BCUT2D eigenvalue weighted by Gasteiger charge is -2.26. The maximum atomic E-state index is 10.3. The zero-order valence-corrected chi connectivity index (χ0v) is 28.1. The van der Waals surface area contributed by atoms with E-state index in [-0.39, 0.29) is 12.6 Å². The molecule has 0 saturated carbocycles. The second kappa shape index (κ2) is 29.1. The van der Waals surface area contributed by atoms with Crippen LogP contribution in [0.15, 0.2) is 71.5 Å². The second-order valence-electron chi connectivity index (χ2n) is 9.84. The van der Waals surface area contributed by atoms with Crippen LogP contribution in [0.4, 0.5) is 0 Å². The number of amides is 1. The van der Waals surface area contributed by atoms with E-state index in [1.165, 1.54) is 31.0 Å². The van der Waals surface area contributed by atoms with E-state index in [9.17, 15) is 4.79 Å². The molecule has 0 bridgehead atoms. The molecule has 0 aliphatic heterocycles. The van der Waals surface area contributed by atoms with E-state index in [1.807, 2.05) is 20.8 Å². The van der Waals surface area contributed by atoms with Crippen LogP contribution in [-0.2, 0) is 14.4 Å². The summed E-state index contributed by atoms with van der Waals surface area (Å²) < 4.78 is 4.90. The maximum absolute atomic E-state index is 10.3. The Morgan fingerprint density at radius 1 is 1.00 bits per heavy atom. The highest BCUT2D eigenvalue weighted by atomic mass is 16.7. The van der Waals surface area contributed by atoms with Crippen molar-refractivity contribution < 1.29 is 14.4 Å². The third kappa shape index (κ3) is 22.9. The molecule has 6 heteroatoms. The SMILES string of the molecule is CC.CCC(C)OC.CCCN(CC1=CC=C(C(C)CC)CC=C1)C1=CCC=CC=C1.CCCNOCNC(C)=O. The predicted octanol–water partition coefficient (Wildman–Crippen LogP) is 8.43. The van der Waals surface area contributed by atoms with Gasteiger partial charge in [-0.3, -0.25) is 9.63 Å². The van der Waals surface area contributed by atoms with Crippen LogP contribution in [0.3, 0.4) is 0 Å². The first kappa shape index (κ1) is 40.7. The molecule has 0 aromatic rings. The number of hydroxylamine groups is 1. The van der Waals surface area contributed by atoms with Gasteiger partial charge in [0.2, 0.25) is 5.91 Å².